The van der Waals surface area contributed by atoms with Crippen LogP contribution in [0.25, 0.3) is 0 Å². The molecule has 2 aliphatic rings. The monoisotopic (exact) mass is 414 g/mol. The number of rotatable bonds is 5. The van der Waals surface area contributed by atoms with Gasteiger partial charge in [-0.1, -0.05) is 54.6 Å². The molecule has 1 aliphatic heterocycles. The largest absolute Gasteiger partial charge is 0.378 e. The number of allylic oxidation sites excluding steroid dienone is 2. The number of nitrogens with one attached hydrogen (secondary N) is 1. The van der Waals surface area contributed by atoms with Crippen LogP contribution < -0.4 is 5.32 Å². The Morgan fingerprint density at radius 3 is 2.73 bits per heavy atom. The molecule has 4 nitrogen and oxygen atoms in total. The number of hydrogen-bond acceptors (Lipinski definition) is 4. The fraction of sp³-hybridized carbons (Fsp3) is 0.200. The Bertz CT molecular complexity index is 1110. The molecule has 5 heteroatoms. The molecule has 150 valence electrons. The third kappa shape index (κ3) is 3.61. The lowest BCUT2D eigenvalue weighted by atomic mass is 9.76. The minimum Gasteiger partial charge on any atom is -0.378 e. The van der Waals surface area contributed by atoms with Crippen LogP contribution in [0.5, 0.6) is 0 Å². The average Bonchev–Trinajstić information content (AvgIpc) is 3.28. The van der Waals surface area contributed by atoms with E-state index in [4.69, 9.17) is 0 Å². The van der Waals surface area contributed by atoms with Crippen molar-refractivity contribution in [3.8, 4) is 0 Å². The zero-order valence-corrected chi connectivity index (χ0v) is 17.2. The second-order valence-corrected chi connectivity index (χ2v) is 8.90. The molecule has 0 amide bonds. The van der Waals surface area contributed by atoms with Gasteiger partial charge in [0.1, 0.15) is 0 Å². The highest BCUT2D eigenvalue weighted by atomic mass is 32.2. The predicted octanol–water partition coefficient (Wildman–Crippen LogP) is 6.71. The molecule has 3 atom stereocenters. The molecule has 0 fully saturated rings. The summed E-state index contributed by atoms with van der Waals surface area (Å²) in [6.07, 6.45) is 5.54. The van der Waals surface area contributed by atoms with Gasteiger partial charge in [0, 0.05) is 34.4 Å². The predicted molar refractivity (Wildman–Crippen MR) is 122 cm³/mol. The Hall–Kier alpha value is -3.05. The standard InChI is InChI=1S/C25H22N2O2S/c28-27(29)19-7-4-6-18(15-19)25-22-11-5-10-21(22)23-14-17(12-13-24(23)26-25)16-30-20-8-2-1-3-9-20/h1-10,12-15,21-22,25-26H,11,16H2/t21-,22-,25-/m0/s1. The Balaban J connectivity index is 1.42. The molecule has 0 saturated heterocycles. The molecule has 5 rings (SSSR count). The summed E-state index contributed by atoms with van der Waals surface area (Å²) in [6.45, 7) is 0. The third-order valence-electron chi connectivity index (χ3n) is 6.02. The van der Waals surface area contributed by atoms with Gasteiger partial charge in [-0.3, -0.25) is 10.1 Å². The quantitative estimate of drug-likeness (QED) is 0.218. The number of benzene rings is 3. The van der Waals surface area contributed by atoms with Gasteiger partial charge in [0.05, 0.1) is 11.0 Å². The van der Waals surface area contributed by atoms with Crippen LogP contribution in [0.15, 0.2) is 89.8 Å². The van der Waals surface area contributed by atoms with Gasteiger partial charge >= 0.3 is 0 Å². The molecule has 0 spiro atoms. The van der Waals surface area contributed by atoms with Crippen molar-refractivity contribution in [3.05, 3.63) is 112 Å². The maximum Gasteiger partial charge on any atom is 0.269 e. The van der Waals surface area contributed by atoms with Crippen LogP contribution in [0.2, 0.25) is 0 Å². The molecule has 1 N–H and O–H groups in total. The topological polar surface area (TPSA) is 55.2 Å². The minimum atomic E-state index is -0.318. The van der Waals surface area contributed by atoms with Crippen LogP contribution in [0, 0.1) is 16.0 Å². The molecule has 3 aromatic carbocycles. The second kappa shape index (κ2) is 8.00. The Morgan fingerprint density at radius 2 is 1.90 bits per heavy atom. The summed E-state index contributed by atoms with van der Waals surface area (Å²) in [6, 6.07) is 24.3. The van der Waals surface area contributed by atoms with E-state index in [1.807, 2.05) is 23.9 Å². The van der Waals surface area contributed by atoms with Gasteiger partial charge in [0.25, 0.3) is 5.69 Å². The van der Waals surface area contributed by atoms with Gasteiger partial charge in [-0.05, 0) is 47.2 Å². The zero-order chi connectivity index (χ0) is 20.5. The number of fused-ring (bicyclic) bond motifs is 3. The SMILES string of the molecule is O=[N+]([O-])c1cccc([C@@H]2Nc3ccc(CSc4ccccc4)cc3[C@H]3C=CC[C@@H]32)c1. The molecular weight excluding hydrogens is 392 g/mol. The number of nitro benzene ring substituents is 1. The Kier molecular flexibility index (Phi) is 5.05. The first kappa shape index (κ1) is 18.9. The molecule has 0 bridgehead atoms. The molecule has 0 unspecified atom stereocenters. The first-order valence-corrected chi connectivity index (χ1v) is 11.2. The molecular formula is C25H22N2O2S. The molecule has 30 heavy (non-hydrogen) atoms. The number of hydrogen-bond donors (Lipinski definition) is 1. The van der Waals surface area contributed by atoms with Gasteiger partial charge in [0.2, 0.25) is 0 Å². The summed E-state index contributed by atoms with van der Waals surface area (Å²) in [5, 5.41) is 14.9. The summed E-state index contributed by atoms with van der Waals surface area (Å²) < 4.78 is 0. The Morgan fingerprint density at radius 1 is 1.03 bits per heavy atom. The average molecular weight is 415 g/mol. The van der Waals surface area contributed by atoms with Gasteiger partial charge in [-0.15, -0.1) is 11.8 Å². The van der Waals surface area contributed by atoms with Gasteiger partial charge in [-0.2, -0.15) is 0 Å². The highest BCUT2D eigenvalue weighted by molar-refractivity contribution is 7.98. The smallest absolute Gasteiger partial charge is 0.269 e. The third-order valence-corrected chi connectivity index (χ3v) is 7.10. The number of anilines is 1. The van der Waals surface area contributed by atoms with Gasteiger partial charge < -0.3 is 5.32 Å². The summed E-state index contributed by atoms with van der Waals surface area (Å²) in [4.78, 5) is 12.2. The van der Waals surface area contributed by atoms with E-state index in [-0.39, 0.29) is 16.7 Å². The summed E-state index contributed by atoms with van der Waals surface area (Å²) in [5.74, 6) is 1.65. The first-order chi connectivity index (χ1) is 14.7. The van der Waals surface area contributed by atoms with Crippen molar-refractivity contribution in [2.45, 2.75) is 29.0 Å². The molecule has 1 heterocycles. The van der Waals surface area contributed by atoms with Crippen LogP contribution in [0.1, 0.15) is 35.1 Å². The molecule has 1 aliphatic carbocycles. The lowest BCUT2D eigenvalue weighted by molar-refractivity contribution is -0.384. The van der Waals surface area contributed by atoms with Crippen molar-refractivity contribution >= 4 is 23.1 Å². The van der Waals surface area contributed by atoms with E-state index in [2.05, 4.69) is 59.9 Å². The fourth-order valence-corrected chi connectivity index (χ4v) is 5.44. The zero-order valence-electron chi connectivity index (χ0n) is 16.4. The lowest BCUT2D eigenvalue weighted by Crippen LogP contribution is -2.29. The van der Waals surface area contributed by atoms with Gasteiger partial charge in [-0.25, -0.2) is 0 Å². The van der Waals surface area contributed by atoms with Crippen LogP contribution in [-0.4, -0.2) is 4.92 Å². The van der Waals surface area contributed by atoms with Crippen LogP contribution in [0.4, 0.5) is 11.4 Å². The number of nitro groups is 1. The summed E-state index contributed by atoms with van der Waals surface area (Å²) in [5.41, 5.74) is 4.92. The van der Waals surface area contributed by atoms with E-state index in [1.165, 1.54) is 16.0 Å². The molecule has 0 aromatic heterocycles. The van der Waals surface area contributed by atoms with Crippen molar-refractivity contribution in [1.82, 2.24) is 0 Å². The van der Waals surface area contributed by atoms with Crippen molar-refractivity contribution < 1.29 is 4.92 Å². The van der Waals surface area contributed by atoms with E-state index in [1.54, 1.807) is 18.2 Å². The summed E-state index contributed by atoms with van der Waals surface area (Å²) in [7, 11) is 0. The van der Waals surface area contributed by atoms with Crippen molar-refractivity contribution in [2.24, 2.45) is 5.92 Å². The highest BCUT2D eigenvalue weighted by Crippen LogP contribution is 2.50. The minimum absolute atomic E-state index is 0.0712. The lowest BCUT2D eigenvalue weighted by Gasteiger charge is -2.37. The van der Waals surface area contributed by atoms with Crippen molar-refractivity contribution in [2.75, 3.05) is 5.32 Å². The van der Waals surface area contributed by atoms with Crippen LogP contribution in [0.3, 0.4) is 0 Å². The Labute approximate surface area is 180 Å². The normalized spacial score (nSPS) is 21.5. The number of thioether (sulfide) groups is 1. The van der Waals surface area contributed by atoms with E-state index in [9.17, 15) is 10.1 Å². The summed E-state index contributed by atoms with van der Waals surface area (Å²) >= 11 is 1.85. The fourth-order valence-electron chi connectivity index (χ4n) is 4.58. The second-order valence-electron chi connectivity index (χ2n) is 7.85. The van der Waals surface area contributed by atoms with Gasteiger partial charge in [0.15, 0.2) is 0 Å². The van der Waals surface area contributed by atoms with E-state index in [0.717, 1.165) is 23.4 Å². The first-order valence-electron chi connectivity index (χ1n) is 10.2. The van der Waals surface area contributed by atoms with E-state index >= 15 is 0 Å². The molecule has 0 saturated carbocycles. The highest BCUT2D eigenvalue weighted by Gasteiger charge is 2.38. The number of nitrogens with zero attached hydrogens (tertiary/aromatic N) is 1. The maximum atomic E-state index is 11.2. The van der Waals surface area contributed by atoms with E-state index in [0.29, 0.717) is 11.8 Å². The maximum absolute atomic E-state index is 11.2. The molecule has 3 aromatic rings. The molecule has 0 radical (unpaired) electrons. The van der Waals surface area contributed by atoms with Crippen LogP contribution in [-0.2, 0) is 5.75 Å². The number of non-ortho nitro benzene ring substituents is 1. The van der Waals surface area contributed by atoms with E-state index < -0.39 is 0 Å². The van der Waals surface area contributed by atoms with Crippen molar-refractivity contribution in [1.29, 1.82) is 0 Å². The van der Waals surface area contributed by atoms with Crippen LogP contribution >= 0.6 is 11.8 Å². The van der Waals surface area contributed by atoms with Crippen molar-refractivity contribution in [3.63, 3.8) is 0 Å².